The summed E-state index contributed by atoms with van der Waals surface area (Å²) in [5, 5.41) is 7.12. The minimum atomic E-state index is -3.42. The molecule has 0 aromatic carbocycles. The van der Waals surface area contributed by atoms with Crippen molar-refractivity contribution >= 4 is 10.0 Å². The molecule has 1 aromatic heterocycles. The second kappa shape index (κ2) is 5.97. The molecule has 0 atom stereocenters. The highest BCUT2D eigenvalue weighted by Gasteiger charge is 2.16. The lowest BCUT2D eigenvalue weighted by molar-refractivity contribution is 0.558. The maximum absolute atomic E-state index is 11.7. The van der Waals surface area contributed by atoms with Crippen LogP contribution in [0, 0.1) is 0 Å². The molecule has 6 nitrogen and oxygen atoms in total. The van der Waals surface area contributed by atoms with Gasteiger partial charge in [0.05, 0.1) is 6.20 Å². The van der Waals surface area contributed by atoms with Gasteiger partial charge in [0.15, 0.2) is 5.03 Å². The minimum absolute atomic E-state index is 0.183. The van der Waals surface area contributed by atoms with Crippen molar-refractivity contribution in [1.29, 1.82) is 0 Å². The van der Waals surface area contributed by atoms with E-state index in [2.05, 4.69) is 22.1 Å². The first kappa shape index (κ1) is 13.1. The molecule has 0 unspecified atom stereocenters. The molecule has 0 aliphatic heterocycles. The van der Waals surface area contributed by atoms with E-state index in [1.807, 2.05) is 0 Å². The normalized spacial score (nSPS) is 11.9. The predicted octanol–water partition coefficient (Wildman–Crippen LogP) is -0.302. The Kier molecular flexibility index (Phi) is 4.91. The number of rotatable bonds is 7. The molecular weight excluding hydrogens is 228 g/mol. The van der Waals surface area contributed by atoms with Gasteiger partial charge in [-0.2, -0.15) is 5.10 Å². The van der Waals surface area contributed by atoms with Crippen LogP contribution < -0.4 is 10.0 Å². The number of nitrogens with one attached hydrogen (secondary N) is 2. The molecule has 0 fully saturated rings. The third-order valence-electron chi connectivity index (χ3n) is 2.07. The molecule has 0 amide bonds. The summed E-state index contributed by atoms with van der Waals surface area (Å²) >= 11 is 0. The lowest BCUT2D eigenvalue weighted by atomic mass is 10.5. The van der Waals surface area contributed by atoms with Crippen molar-refractivity contribution in [2.24, 2.45) is 7.05 Å². The van der Waals surface area contributed by atoms with Crippen molar-refractivity contribution in [3.05, 3.63) is 12.3 Å². The van der Waals surface area contributed by atoms with Crippen LogP contribution in [0.2, 0.25) is 0 Å². The summed E-state index contributed by atoms with van der Waals surface area (Å²) in [6, 6.07) is 1.47. The third-order valence-corrected chi connectivity index (χ3v) is 3.61. The molecule has 1 heterocycles. The van der Waals surface area contributed by atoms with Crippen molar-refractivity contribution in [1.82, 2.24) is 19.8 Å². The van der Waals surface area contributed by atoms with Crippen LogP contribution in [-0.2, 0) is 17.1 Å². The molecule has 0 radical (unpaired) electrons. The van der Waals surface area contributed by atoms with Gasteiger partial charge in [-0.15, -0.1) is 0 Å². The fourth-order valence-electron chi connectivity index (χ4n) is 1.27. The van der Waals surface area contributed by atoms with E-state index in [9.17, 15) is 8.42 Å². The molecule has 0 saturated carbocycles. The van der Waals surface area contributed by atoms with Gasteiger partial charge in [0.1, 0.15) is 0 Å². The smallest absolute Gasteiger partial charge is 0.257 e. The van der Waals surface area contributed by atoms with Gasteiger partial charge in [0, 0.05) is 20.1 Å². The summed E-state index contributed by atoms with van der Waals surface area (Å²) in [5.74, 6) is 0. The number of hydrogen-bond donors (Lipinski definition) is 2. The first-order chi connectivity index (χ1) is 7.58. The van der Waals surface area contributed by atoms with E-state index < -0.39 is 10.0 Å². The van der Waals surface area contributed by atoms with Gasteiger partial charge >= 0.3 is 0 Å². The van der Waals surface area contributed by atoms with Gasteiger partial charge in [-0.05, 0) is 19.0 Å². The standard InChI is InChI=1S/C9H18N4O2S/c1-3-5-10-7-8-12-16(14,15)9-4-6-11-13(9)2/h4,6,10,12H,3,5,7-8H2,1-2H3. The predicted molar refractivity (Wildman–Crippen MR) is 61.6 cm³/mol. The first-order valence-corrected chi connectivity index (χ1v) is 6.74. The first-order valence-electron chi connectivity index (χ1n) is 5.26. The van der Waals surface area contributed by atoms with Crippen molar-refractivity contribution in [3.8, 4) is 0 Å². The SMILES string of the molecule is CCCNCCNS(=O)(=O)c1ccnn1C. The highest BCUT2D eigenvalue weighted by molar-refractivity contribution is 7.89. The van der Waals surface area contributed by atoms with E-state index in [1.165, 1.54) is 16.9 Å². The van der Waals surface area contributed by atoms with E-state index >= 15 is 0 Å². The van der Waals surface area contributed by atoms with Crippen LogP contribution in [0.15, 0.2) is 17.3 Å². The fraction of sp³-hybridized carbons (Fsp3) is 0.667. The average Bonchev–Trinajstić information content (AvgIpc) is 2.65. The molecule has 0 bridgehead atoms. The number of sulfonamides is 1. The second-order valence-electron chi connectivity index (χ2n) is 3.44. The highest BCUT2D eigenvalue weighted by Crippen LogP contribution is 2.04. The molecule has 0 aliphatic rings. The summed E-state index contributed by atoms with van der Waals surface area (Å²) in [6.07, 6.45) is 2.50. The number of aromatic nitrogens is 2. The Labute approximate surface area is 96.1 Å². The summed E-state index contributed by atoms with van der Waals surface area (Å²) in [7, 11) is -1.82. The Morgan fingerprint density at radius 2 is 2.12 bits per heavy atom. The van der Waals surface area contributed by atoms with Gasteiger partial charge < -0.3 is 5.32 Å². The van der Waals surface area contributed by atoms with Crippen LogP contribution in [0.5, 0.6) is 0 Å². The van der Waals surface area contributed by atoms with Crippen LogP contribution in [0.25, 0.3) is 0 Å². The van der Waals surface area contributed by atoms with Crippen LogP contribution in [-0.4, -0.2) is 37.8 Å². The zero-order valence-corrected chi connectivity index (χ0v) is 10.4. The van der Waals surface area contributed by atoms with E-state index in [0.29, 0.717) is 13.1 Å². The quantitative estimate of drug-likeness (QED) is 0.648. The van der Waals surface area contributed by atoms with E-state index in [1.54, 1.807) is 7.05 Å². The molecule has 1 aromatic rings. The average molecular weight is 246 g/mol. The lowest BCUT2D eigenvalue weighted by Crippen LogP contribution is -2.33. The monoisotopic (exact) mass is 246 g/mol. The number of hydrogen-bond acceptors (Lipinski definition) is 4. The molecule has 0 saturated heterocycles. The lowest BCUT2D eigenvalue weighted by Gasteiger charge is -2.07. The third kappa shape index (κ3) is 3.58. The Morgan fingerprint density at radius 1 is 1.38 bits per heavy atom. The maximum Gasteiger partial charge on any atom is 0.257 e. The topological polar surface area (TPSA) is 76.0 Å². The second-order valence-corrected chi connectivity index (χ2v) is 5.15. The largest absolute Gasteiger partial charge is 0.315 e. The molecule has 0 aliphatic carbocycles. The van der Waals surface area contributed by atoms with Crippen molar-refractivity contribution in [2.45, 2.75) is 18.4 Å². The van der Waals surface area contributed by atoms with Crippen LogP contribution in [0.3, 0.4) is 0 Å². The number of aryl methyl sites for hydroxylation is 1. The van der Waals surface area contributed by atoms with E-state index in [0.717, 1.165) is 13.0 Å². The zero-order valence-electron chi connectivity index (χ0n) is 9.60. The summed E-state index contributed by atoms with van der Waals surface area (Å²) in [6.45, 7) is 3.97. The van der Waals surface area contributed by atoms with E-state index in [-0.39, 0.29) is 5.03 Å². The highest BCUT2D eigenvalue weighted by atomic mass is 32.2. The van der Waals surface area contributed by atoms with Crippen LogP contribution >= 0.6 is 0 Å². The van der Waals surface area contributed by atoms with Gasteiger partial charge in [-0.1, -0.05) is 6.92 Å². The van der Waals surface area contributed by atoms with Crippen LogP contribution in [0.1, 0.15) is 13.3 Å². The van der Waals surface area contributed by atoms with Gasteiger partial charge in [0.2, 0.25) is 0 Å². The Hall–Kier alpha value is -0.920. The molecule has 0 spiro atoms. The Morgan fingerprint density at radius 3 is 2.69 bits per heavy atom. The Bertz CT molecular complexity index is 413. The van der Waals surface area contributed by atoms with Crippen molar-refractivity contribution in [2.75, 3.05) is 19.6 Å². The molecule has 1 rings (SSSR count). The van der Waals surface area contributed by atoms with E-state index in [4.69, 9.17) is 0 Å². The van der Waals surface area contributed by atoms with Gasteiger partial charge in [0.25, 0.3) is 10.0 Å². The van der Waals surface area contributed by atoms with Crippen molar-refractivity contribution < 1.29 is 8.42 Å². The summed E-state index contributed by atoms with van der Waals surface area (Å²) in [5.41, 5.74) is 0. The van der Waals surface area contributed by atoms with Crippen LogP contribution in [0.4, 0.5) is 0 Å². The maximum atomic E-state index is 11.7. The summed E-state index contributed by atoms with van der Waals surface area (Å²) in [4.78, 5) is 0. The minimum Gasteiger partial charge on any atom is -0.315 e. The molecule has 7 heteroatoms. The molecular formula is C9H18N4O2S. The molecule has 92 valence electrons. The van der Waals surface area contributed by atoms with Crippen molar-refractivity contribution in [3.63, 3.8) is 0 Å². The number of nitrogens with zero attached hydrogens (tertiary/aromatic N) is 2. The Balaban J connectivity index is 2.45. The fourth-order valence-corrected chi connectivity index (χ4v) is 2.43. The molecule has 16 heavy (non-hydrogen) atoms. The van der Waals surface area contributed by atoms with Gasteiger partial charge in [-0.3, -0.25) is 4.68 Å². The van der Waals surface area contributed by atoms with Gasteiger partial charge in [-0.25, -0.2) is 13.1 Å². The summed E-state index contributed by atoms with van der Waals surface area (Å²) < 4.78 is 27.3. The molecule has 2 N–H and O–H groups in total. The zero-order chi connectivity index (χ0) is 12.0.